The number of carbonyl (C=O) groups is 1. The van der Waals surface area contributed by atoms with Gasteiger partial charge < -0.3 is 15.4 Å². The highest BCUT2D eigenvalue weighted by atomic mass is 32.2. The van der Waals surface area contributed by atoms with Crippen LogP contribution < -0.4 is 15.4 Å². The second kappa shape index (κ2) is 8.34. The molecule has 0 aromatic heterocycles. The van der Waals surface area contributed by atoms with E-state index in [4.69, 9.17) is 4.74 Å². The summed E-state index contributed by atoms with van der Waals surface area (Å²) in [5.74, 6) is 1.43. The predicted octanol–water partition coefficient (Wildman–Crippen LogP) is 3.20. The van der Waals surface area contributed by atoms with Crippen molar-refractivity contribution in [2.75, 3.05) is 18.2 Å². The number of hydrogen-bond donors (Lipinski definition) is 2. The summed E-state index contributed by atoms with van der Waals surface area (Å²) in [4.78, 5) is 12.3. The van der Waals surface area contributed by atoms with Crippen molar-refractivity contribution in [3.05, 3.63) is 23.8 Å². The standard InChI is InChI=1S/C17H26N2O3S/c1-4-23(21)16-8-6-5-7-14(16)19-17(20)18-13-9-10-15(22-3)12(2)11-13/h9-11,14,16H,4-8H2,1-3H3,(H2,18,19,20). The van der Waals surface area contributed by atoms with Crippen molar-refractivity contribution in [1.29, 1.82) is 0 Å². The number of ether oxygens (including phenoxy) is 1. The summed E-state index contributed by atoms with van der Waals surface area (Å²) in [5, 5.41) is 5.93. The SMILES string of the molecule is CCS(=O)C1CCCCC1NC(=O)Nc1ccc(OC)c(C)c1. The van der Waals surface area contributed by atoms with E-state index in [-0.39, 0.29) is 17.3 Å². The molecule has 0 aliphatic heterocycles. The zero-order valence-corrected chi connectivity index (χ0v) is 14.9. The van der Waals surface area contributed by atoms with E-state index in [1.165, 1.54) is 0 Å². The molecule has 0 saturated heterocycles. The van der Waals surface area contributed by atoms with Gasteiger partial charge in [-0.05, 0) is 43.5 Å². The van der Waals surface area contributed by atoms with Crippen LogP contribution >= 0.6 is 0 Å². The summed E-state index contributed by atoms with van der Waals surface area (Å²) in [7, 11) is 0.751. The number of hydrogen-bond acceptors (Lipinski definition) is 3. The molecule has 0 spiro atoms. The number of benzene rings is 1. The highest BCUT2D eigenvalue weighted by Gasteiger charge is 2.30. The van der Waals surface area contributed by atoms with Crippen LogP contribution in [0.3, 0.4) is 0 Å². The minimum atomic E-state index is -0.873. The summed E-state index contributed by atoms with van der Waals surface area (Å²) in [6, 6.07) is 5.28. The summed E-state index contributed by atoms with van der Waals surface area (Å²) in [5.41, 5.74) is 1.69. The van der Waals surface area contributed by atoms with Crippen molar-refractivity contribution in [1.82, 2.24) is 5.32 Å². The van der Waals surface area contributed by atoms with Crippen LogP contribution in [0.2, 0.25) is 0 Å². The molecule has 3 atom stereocenters. The second-order valence-electron chi connectivity index (χ2n) is 5.88. The normalized spacial score (nSPS) is 22.2. The molecular weight excluding hydrogens is 312 g/mol. The summed E-state index contributed by atoms with van der Waals surface area (Å²) < 4.78 is 17.4. The van der Waals surface area contributed by atoms with Crippen molar-refractivity contribution in [3.63, 3.8) is 0 Å². The van der Waals surface area contributed by atoms with Crippen LogP contribution in [0.5, 0.6) is 5.75 Å². The first-order chi connectivity index (χ1) is 11.0. The predicted molar refractivity (Wildman–Crippen MR) is 94.6 cm³/mol. The Labute approximate surface area is 140 Å². The van der Waals surface area contributed by atoms with E-state index in [2.05, 4.69) is 10.6 Å². The Morgan fingerprint density at radius 1 is 1.35 bits per heavy atom. The molecule has 0 bridgehead atoms. The zero-order chi connectivity index (χ0) is 16.8. The van der Waals surface area contributed by atoms with Crippen molar-refractivity contribution in [2.45, 2.75) is 50.8 Å². The molecular formula is C17H26N2O3S. The maximum atomic E-state index is 12.3. The number of urea groups is 1. The van der Waals surface area contributed by atoms with Gasteiger partial charge in [0.05, 0.1) is 12.4 Å². The van der Waals surface area contributed by atoms with Gasteiger partial charge in [0.25, 0.3) is 0 Å². The molecule has 2 rings (SSSR count). The summed E-state index contributed by atoms with van der Waals surface area (Å²) >= 11 is 0. The Bertz CT molecular complexity index is 577. The molecule has 2 amide bonds. The molecule has 3 unspecified atom stereocenters. The first kappa shape index (κ1) is 17.8. The van der Waals surface area contributed by atoms with Crippen LogP contribution in [0.25, 0.3) is 0 Å². The van der Waals surface area contributed by atoms with Crippen LogP contribution in [0.15, 0.2) is 18.2 Å². The van der Waals surface area contributed by atoms with Crippen LogP contribution in [0.1, 0.15) is 38.2 Å². The van der Waals surface area contributed by atoms with Crippen LogP contribution in [-0.4, -0.2) is 34.4 Å². The third-order valence-corrected chi connectivity index (χ3v) is 6.10. The van der Waals surface area contributed by atoms with Crippen molar-refractivity contribution < 1.29 is 13.7 Å². The zero-order valence-electron chi connectivity index (χ0n) is 14.1. The van der Waals surface area contributed by atoms with Crippen LogP contribution in [-0.2, 0) is 10.8 Å². The lowest BCUT2D eigenvalue weighted by Gasteiger charge is -2.31. The van der Waals surface area contributed by atoms with Gasteiger partial charge in [-0.25, -0.2) is 4.79 Å². The summed E-state index contributed by atoms with van der Waals surface area (Å²) in [6.45, 7) is 3.87. The Balaban J connectivity index is 1.97. The average molecular weight is 338 g/mol. The van der Waals surface area contributed by atoms with E-state index < -0.39 is 10.8 Å². The minimum absolute atomic E-state index is 0.0103. The van der Waals surface area contributed by atoms with Gasteiger partial charge in [0.1, 0.15) is 5.75 Å². The monoisotopic (exact) mass is 338 g/mol. The smallest absolute Gasteiger partial charge is 0.319 e. The number of rotatable bonds is 5. The van der Waals surface area contributed by atoms with E-state index in [0.29, 0.717) is 5.75 Å². The third kappa shape index (κ3) is 4.70. The van der Waals surface area contributed by atoms with Gasteiger partial charge in [-0.1, -0.05) is 19.8 Å². The maximum absolute atomic E-state index is 12.3. The lowest BCUT2D eigenvalue weighted by molar-refractivity contribution is 0.244. The molecule has 5 nitrogen and oxygen atoms in total. The largest absolute Gasteiger partial charge is 0.496 e. The Hall–Kier alpha value is -1.56. The first-order valence-corrected chi connectivity index (χ1v) is 9.52. The van der Waals surface area contributed by atoms with Crippen LogP contribution in [0, 0.1) is 6.92 Å². The van der Waals surface area contributed by atoms with Gasteiger partial charge in [-0.15, -0.1) is 0 Å². The lowest BCUT2D eigenvalue weighted by atomic mass is 9.95. The van der Waals surface area contributed by atoms with Gasteiger partial charge in [0, 0.05) is 28.3 Å². The number of anilines is 1. The van der Waals surface area contributed by atoms with Crippen molar-refractivity contribution in [3.8, 4) is 5.75 Å². The molecule has 1 saturated carbocycles. The van der Waals surface area contributed by atoms with E-state index in [0.717, 1.165) is 42.7 Å². The lowest BCUT2D eigenvalue weighted by Crippen LogP contribution is -2.48. The van der Waals surface area contributed by atoms with Gasteiger partial charge >= 0.3 is 6.03 Å². The number of carbonyl (C=O) groups excluding carboxylic acids is 1. The highest BCUT2D eigenvalue weighted by molar-refractivity contribution is 7.85. The summed E-state index contributed by atoms with van der Waals surface area (Å²) in [6.07, 6.45) is 3.98. The Morgan fingerprint density at radius 3 is 2.74 bits per heavy atom. The molecule has 128 valence electrons. The second-order valence-corrected chi connectivity index (χ2v) is 7.83. The molecule has 1 aromatic carbocycles. The van der Waals surface area contributed by atoms with Crippen molar-refractivity contribution in [2.24, 2.45) is 0 Å². The van der Waals surface area contributed by atoms with E-state index in [1.54, 1.807) is 7.11 Å². The molecule has 2 N–H and O–H groups in total. The fourth-order valence-electron chi connectivity index (χ4n) is 3.08. The average Bonchev–Trinajstić information content (AvgIpc) is 2.54. The Morgan fingerprint density at radius 2 is 2.09 bits per heavy atom. The van der Waals surface area contributed by atoms with Gasteiger partial charge in [-0.3, -0.25) is 4.21 Å². The maximum Gasteiger partial charge on any atom is 0.319 e. The topological polar surface area (TPSA) is 67.4 Å². The number of amides is 2. The molecule has 23 heavy (non-hydrogen) atoms. The molecule has 0 heterocycles. The molecule has 6 heteroatoms. The van der Waals surface area contributed by atoms with Gasteiger partial charge in [0.15, 0.2) is 0 Å². The quantitative estimate of drug-likeness (QED) is 0.866. The molecule has 1 aliphatic rings. The van der Waals surface area contributed by atoms with Gasteiger partial charge in [0.2, 0.25) is 0 Å². The van der Waals surface area contributed by atoms with E-state index in [1.807, 2.05) is 32.0 Å². The van der Waals surface area contributed by atoms with Gasteiger partial charge in [-0.2, -0.15) is 0 Å². The number of nitrogens with one attached hydrogen (secondary N) is 2. The fraction of sp³-hybridized carbons (Fsp3) is 0.588. The van der Waals surface area contributed by atoms with Crippen LogP contribution in [0.4, 0.5) is 10.5 Å². The minimum Gasteiger partial charge on any atom is -0.496 e. The first-order valence-electron chi connectivity index (χ1n) is 8.14. The van der Waals surface area contributed by atoms with E-state index in [9.17, 15) is 9.00 Å². The molecule has 0 radical (unpaired) electrons. The number of methoxy groups -OCH3 is 1. The molecule has 1 aliphatic carbocycles. The Kier molecular flexibility index (Phi) is 6.45. The number of aryl methyl sites for hydroxylation is 1. The van der Waals surface area contributed by atoms with Crippen molar-refractivity contribution >= 4 is 22.5 Å². The highest BCUT2D eigenvalue weighted by Crippen LogP contribution is 2.24. The van der Waals surface area contributed by atoms with E-state index >= 15 is 0 Å². The molecule has 1 aromatic rings. The molecule has 1 fully saturated rings. The third-order valence-electron chi connectivity index (χ3n) is 4.29. The fourth-order valence-corrected chi connectivity index (χ4v) is 4.51.